The second-order valence-electron chi connectivity index (χ2n) is 16.4. The van der Waals surface area contributed by atoms with Crippen molar-refractivity contribution in [2.45, 2.75) is 50.7 Å². The highest BCUT2D eigenvalue weighted by Gasteiger charge is 2.40. The molecule has 4 aromatic carbocycles. The Balaban J connectivity index is 0.978. The number of likely N-dealkylation sites (tertiary alicyclic amines) is 1. The number of nitrogens with one attached hydrogen (secondary N) is 4. The lowest BCUT2D eigenvalue weighted by Gasteiger charge is -2.27. The Labute approximate surface area is 376 Å². The van der Waals surface area contributed by atoms with Crippen LogP contribution in [0.2, 0.25) is 0 Å². The van der Waals surface area contributed by atoms with Crippen LogP contribution in [-0.4, -0.2) is 94.2 Å². The number of alkyl carbamates (subject to hydrolysis) is 2. The SMILES string of the molecule is C#CCCN(Cc1ncc(-c2ccc(-c3ccc4c(ccc5[nH]c([C@@H]6C[C@H](C(=C)OCC7CCC7)CN6C(=O)CNC(=O)OC)nc54)c3)cc2)[nH]1)C(=O)[C@H](NC(=O)OC)c1ccccc1. The van der Waals surface area contributed by atoms with Crippen molar-refractivity contribution in [3.8, 4) is 34.7 Å². The van der Waals surface area contributed by atoms with E-state index in [4.69, 9.17) is 25.6 Å². The average molecular weight is 877 g/mol. The Morgan fingerprint density at radius 2 is 1.71 bits per heavy atom. The Kier molecular flexibility index (Phi) is 13.4. The second kappa shape index (κ2) is 19.8. The molecule has 3 heterocycles. The highest BCUT2D eigenvalue weighted by atomic mass is 16.5. The van der Waals surface area contributed by atoms with Gasteiger partial charge in [0.1, 0.15) is 24.2 Å². The molecule has 0 bridgehead atoms. The van der Waals surface area contributed by atoms with Crippen LogP contribution in [0.3, 0.4) is 0 Å². The van der Waals surface area contributed by atoms with Crippen LogP contribution in [0.15, 0.2) is 103 Å². The first-order chi connectivity index (χ1) is 31.6. The van der Waals surface area contributed by atoms with Crippen LogP contribution in [-0.2, 0) is 30.3 Å². The maximum Gasteiger partial charge on any atom is 0.407 e. The van der Waals surface area contributed by atoms with Gasteiger partial charge in [-0.25, -0.2) is 19.6 Å². The van der Waals surface area contributed by atoms with Crippen molar-refractivity contribution in [3.05, 3.63) is 121 Å². The number of nitrogens with zero attached hydrogens (tertiary/aromatic N) is 4. The maximum absolute atomic E-state index is 13.9. The van der Waals surface area contributed by atoms with E-state index in [2.05, 4.69) is 74.5 Å². The van der Waals surface area contributed by atoms with Crippen molar-refractivity contribution in [2.75, 3.05) is 40.5 Å². The van der Waals surface area contributed by atoms with Crippen LogP contribution >= 0.6 is 0 Å². The molecule has 1 saturated heterocycles. The number of hydrogen-bond acceptors (Lipinski definition) is 9. The molecular formula is C50H52N8O7. The molecule has 2 aliphatic rings. The van der Waals surface area contributed by atoms with Crippen LogP contribution in [0, 0.1) is 24.2 Å². The number of hydrogen-bond donors (Lipinski definition) is 4. The Morgan fingerprint density at radius 1 is 0.954 bits per heavy atom. The lowest BCUT2D eigenvalue weighted by molar-refractivity contribution is -0.134. The van der Waals surface area contributed by atoms with Gasteiger partial charge in [0.25, 0.3) is 0 Å². The molecule has 4 N–H and O–H groups in total. The standard InChI is InChI=1S/C50H52N8O7/c1-5-6-23-57(48(60)45(56-50(62)64-4)35-13-8-7-9-14-35)29-43-51-26-41(53-43)34-17-15-33(16-18-34)36-19-21-39-37(24-36)20-22-40-46(39)55-47(54-40)42-25-38(31(2)65-30-32-11-10-12-32)28-58(42)44(59)27-52-49(61)63-3/h1,7-9,13-22,24,26,32,38,42,45H,2,6,10-12,23,25,27-30H2,3-4H3,(H,51,53)(H,52,61)(H,54,55)(H,56,62)/t38-,42-,45+/m0/s1. The molecule has 1 aliphatic carbocycles. The molecule has 0 unspecified atom stereocenters. The highest BCUT2D eigenvalue weighted by molar-refractivity contribution is 6.05. The van der Waals surface area contributed by atoms with Gasteiger partial charge >= 0.3 is 12.2 Å². The molecule has 334 valence electrons. The summed E-state index contributed by atoms with van der Waals surface area (Å²) in [5.74, 6) is 4.37. The third-order valence-electron chi connectivity index (χ3n) is 12.3. The van der Waals surface area contributed by atoms with Crippen molar-refractivity contribution in [3.63, 3.8) is 0 Å². The summed E-state index contributed by atoms with van der Waals surface area (Å²) in [5.41, 5.74) is 5.98. The van der Waals surface area contributed by atoms with E-state index in [1.165, 1.54) is 20.6 Å². The zero-order chi connectivity index (χ0) is 45.5. The maximum atomic E-state index is 13.9. The summed E-state index contributed by atoms with van der Waals surface area (Å²) in [5, 5.41) is 7.15. The minimum Gasteiger partial charge on any atom is -0.498 e. The summed E-state index contributed by atoms with van der Waals surface area (Å²) in [6.07, 6.45) is 10.4. The molecule has 1 saturated carbocycles. The fraction of sp³-hybridized carbons (Fsp3) is 0.320. The zero-order valence-corrected chi connectivity index (χ0v) is 36.5. The van der Waals surface area contributed by atoms with Crippen molar-refractivity contribution in [1.29, 1.82) is 0 Å². The number of benzene rings is 4. The van der Waals surface area contributed by atoms with Crippen LogP contribution < -0.4 is 10.6 Å². The first-order valence-electron chi connectivity index (χ1n) is 21.7. The van der Waals surface area contributed by atoms with Gasteiger partial charge in [-0.05, 0) is 65.0 Å². The minimum atomic E-state index is -0.980. The van der Waals surface area contributed by atoms with Crippen LogP contribution in [0.5, 0.6) is 0 Å². The summed E-state index contributed by atoms with van der Waals surface area (Å²) in [6.45, 7) is 5.48. The van der Waals surface area contributed by atoms with Gasteiger partial charge in [-0.1, -0.05) is 85.8 Å². The van der Waals surface area contributed by atoms with Crippen molar-refractivity contribution < 1.29 is 33.4 Å². The third kappa shape index (κ3) is 9.97. The number of rotatable bonds is 16. The summed E-state index contributed by atoms with van der Waals surface area (Å²) in [7, 11) is 2.51. The number of methoxy groups -OCH3 is 2. The second-order valence-corrected chi connectivity index (χ2v) is 16.4. The molecule has 6 aromatic rings. The quantitative estimate of drug-likeness (QED) is 0.0557. The summed E-state index contributed by atoms with van der Waals surface area (Å²) in [4.78, 5) is 71.4. The van der Waals surface area contributed by atoms with Gasteiger partial charge in [-0.3, -0.25) is 9.59 Å². The molecule has 15 heteroatoms. The number of aromatic nitrogens is 4. The van der Waals surface area contributed by atoms with E-state index in [-0.39, 0.29) is 43.4 Å². The Morgan fingerprint density at radius 3 is 2.43 bits per heavy atom. The summed E-state index contributed by atoms with van der Waals surface area (Å²) in [6, 6.07) is 26.1. The molecule has 0 radical (unpaired) electrons. The molecule has 2 aromatic heterocycles. The number of fused-ring (bicyclic) bond motifs is 3. The van der Waals surface area contributed by atoms with Gasteiger partial charge < -0.3 is 44.6 Å². The van der Waals surface area contributed by atoms with E-state index < -0.39 is 18.2 Å². The fourth-order valence-electron chi connectivity index (χ4n) is 8.46. The number of ether oxygens (including phenoxy) is 3. The van der Waals surface area contributed by atoms with Crippen LogP contribution in [0.1, 0.15) is 61.4 Å². The van der Waals surface area contributed by atoms with E-state index in [0.29, 0.717) is 54.9 Å². The molecule has 65 heavy (non-hydrogen) atoms. The molecule has 15 nitrogen and oxygen atoms in total. The van der Waals surface area contributed by atoms with E-state index in [0.717, 1.165) is 57.0 Å². The monoisotopic (exact) mass is 876 g/mol. The molecule has 1 aliphatic heterocycles. The van der Waals surface area contributed by atoms with E-state index >= 15 is 0 Å². The summed E-state index contributed by atoms with van der Waals surface area (Å²) >= 11 is 0. The van der Waals surface area contributed by atoms with Crippen LogP contribution in [0.4, 0.5) is 9.59 Å². The number of aromatic amines is 2. The lowest BCUT2D eigenvalue weighted by atomic mass is 9.86. The topological polar surface area (TPSA) is 184 Å². The van der Waals surface area contributed by atoms with Crippen molar-refractivity contribution >= 4 is 45.8 Å². The molecule has 4 amide bonds. The van der Waals surface area contributed by atoms with E-state index in [1.807, 2.05) is 24.3 Å². The minimum absolute atomic E-state index is 0.0851. The number of imidazole rings is 2. The Hall–Kier alpha value is -7.60. The Bertz CT molecular complexity index is 2740. The molecule has 2 fully saturated rings. The predicted octanol–water partition coefficient (Wildman–Crippen LogP) is 7.80. The van der Waals surface area contributed by atoms with Crippen molar-refractivity contribution in [1.82, 2.24) is 40.4 Å². The number of H-pyrrole nitrogens is 2. The first kappa shape index (κ1) is 44.0. The fourth-order valence-corrected chi connectivity index (χ4v) is 8.46. The molecule has 0 spiro atoms. The van der Waals surface area contributed by atoms with Crippen molar-refractivity contribution in [2.24, 2.45) is 11.8 Å². The number of carbonyl (C=O) groups is 4. The highest BCUT2D eigenvalue weighted by Crippen LogP contribution is 2.40. The lowest BCUT2D eigenvalue weighted by Crippen LogP contribution is -2.43. The molecular weight excluding hydrogens is 825 g/mol. The van der Waals surface area contributed by atoms with Gasteiger partial charge in [-0.2, -0.15) is 0 Å². The first-order valence-corrected chi connectivity index (χ1v) is 21.7. The van der Waals surface area contributed by atoms with E-state index in [1.54, 1.807) is 40.3 Å². The number of terminal acetylenes is 1. The largest absolute Gasteiger partial charge is 0.498 e. The van der Waals surface area contributed by atoms with Crippen LogP contribution in [0.25, 0.3) is 44.2 Å². The zero-order valence-electron chi connectivity index (χ0n) is 36.5. The number of amides is 4. The van der Waals surface area contributed by atoms with Gasteiger partial charge in [0, 0.05) is 30.8 Å². The molecule has 3 atom stereocenters. The van der Waals surface area contributed by atoms with Gasteiger partial charge in [0.2, 0.25) is 11.8 Å². The summed E-state index contributed by atoms with van der Waals surface area (Å²) < 4.78 is 15.6. The van der Waals surface area contributed by atoms with Gasteiger partial charge in [0.15, 0.2) is 0 Å². The van der Waals surface area contributed by atoms with Gasteiger partial charge in [0.05, 0.1) is 62.1 Å². The predicted molar refractivity (Wildman–Crippen MR) is 246 cm³/mol. The average Bonchev–Trinajstić information content (AvgIpc) is 4.10. The number of carbonyl (C=O) groups excluding carboxylic acids is 4. The molecule has 8 rings (SSSR count). The van der Waals surface area contributed by atoms with Gasteiger partial charge in [-0.15, -0.1) is 12.3 Å². The smallest absolute Gasteiger partial charge is 0.407 e. The third-order valence-corrected chi connectivity index (χ3v) is 12.3. The van der Waals surface area contributed by atoms with E-state index in [9.17, 15) is 19.2 Å². The normalized spacial score (nSPS) is 16.3.